The molecule has 78 valence electrons. The molecule has 0 unspecified atom stereocenters. The fourth-order valence-electron chi connectivity index (χ4n) is 1.62. The summed E-state index contributed by atoms with van der Waals surface area (Å²) in [4.78, 5) is 2.56. The third kappa shape index (κ3) is 4.60. The lowest BCUT2D eigenvalue weighted by atomic mass is 10.3. The van der Waals surface area contributed by atoms with Gasteiger partial charge in [0.15, 0.2) is 0 Å². The van der Waals surface area contributed by atoms with Gasteiger partial charge in [-0.25, -0.2) is 0 Å². The van der Waals surface area contributed by atoms with Crippen molar-refractivity contribution < 1.29 is 4.74 Å². The van der Waals surface area contributed by atoms with Gasteiger partial charge in [-0.15, -0.1) is 0 Å². The molecule has 1 saturated carbocycles. The van der Waals surface area contributed by atoms with Gasteiger partial charge in [0.1, 0.15) is 0 Å². The predicted molar refractivity (Wildman–Crippen MR) is 54.8 cm³/mol. The first-order chi connectivity index (χ1) is 6.38. The summed E-state index contributed by atoms with van der Waals surface area (Å²) in [6.07, 6.45) is 5.05. The maximum Gasteiger partial charge on any atom is 0.0474 e. The summed E-state index contributed by atoms with van der Waals surface area (Å²) in [6, 6.07) is 0.864. The van der Waals surface area contributed by atoms with E-state index in [2.05, 4.69) is 4.90 Å². The summed E-state index contributed by atoms with van der Waals surface area (Å²) in [6.45, 7) is 4.04. The van der Waals surface area contributed by atoms with Gasteiger partial charge in [-0.05, 0) is 38.8 Å². The second kappa shape index (κ2) is 6.35. The molecule has 2 N–H and O–H groups in total. The van der Waals surface area contributed by atoms with E-state index in [9.17, 15) is 0 Å². The van der Waals surface area contributed by atoms with Crippen LogP contribution in [0.5, 0.6) is 0 Å². The van der Waals surface area contributed by atoms with Gasteiger partial charge in [0, 0.05) is 26.3 Å². The molecule has 0 aromatic heterocycles. The van der Waals surface area contributed by atoms with Gasteiger partial charge < -0.3 is 15.4 Å². The molecule has 0 heterocycles. The summed E-state index contributed by atoms with van der Waals surface area (Å²) in [7, 11) is 1.77. The molecule has 0 bridgehead atoms. The van der Waals surface area contributed by atoms with Gasteiger partial charge >= 0.3 is 0 Å². The van der Waals surface area contributed by atoms with Crippen molar-refractivity contribution in [3.63, 3.8) is 0 Å². The molecule has 3 heteroatoms. The molecule has 1 aliphatic rings. The first kappa shape index (κ1) is 11.0. The molecular formula is C10H22N2O. The molecular weight excluding hydrogens is 164 g/mol. The van der Waals surface area contributed by atoms with E-state index in [0.717, 1.165) is 32.0 Å². The summed E-state index contributed by atoms with van der Waals surface area (Å²) in [5, 5.41) is 0. The Balaban J connectivity index is 2.06. The minimum Gasteiger partial charge on any atom is -0.385 e. The fourth-order valence-corrected chi connectivity index (χ4v) is 1.62. The van der Waals surface area contributed by atoms with Crippen molar-refractivity contribution in [1.82, 2.24) is 4.90 Å². The molecule has 0 aromatic carbocycles. The van der Waals surface area contributed by atoms with E-state index in [1.54, 1.807) is 7.11 Å². The van der Waals surface area contributed by atoms with Crippen LogP contribution in [-0.2, 0) is 4.74 Å². The van der Waals surface area contributed by atoms with E-state index in [-0.39, 0.29) is 0 Å². The van der Waals surface area contributed by atoms with Crippen LogP contribution in [0.25, 0.3) is 0 Å². The van der Waals surface area contributed by atoms with Crippen LogP contribution in [0.2, 0.25) is 0 Å². The Kier molecular flexibility index (Phi) is 5.35. The van der Waals surface area contributed by atoms with E-state index in [0.29, 0.717) is 0 Å². The summed E-state index contributed by atoms with van der Waals surface area (Å²) < 4.78 is 5.05. The van der Waals surface area contributed by atoms with Gasteiger partial charge in [-0.2, -0.15) is 0 Å². The summed E-state index contributed by atoms with van der Waals surface area (Å²) in [5.74, 6) is 0. The highest BCUT2D eigenvalue weighted by atomic mass is 16.5. The Hall–Kier alpha value is -0.120. The topological polar surface area (TPSA) is 38.5 Å². The smallest absolute Gasteiger partial charge is 0.0474 e. The molecule has 0 radical (unpaired) electrons. The monoisotopic (exact) mass is 186 g/mol. The van der Waals surface area contributed by atoms with Crippen molar-refractivity contribution in [2.75, 3.05) is 33.4 Å². The Morgan fingerprint density at radius 1 is 1.31 bits per heavy atom. The zero-order chi connectivity index (χ0) is 9.52. The number of rotatable bonds is 8. The van der Waals surface area contributed by atoms with Crippen molar-refractivity contribution in [1.29, 1.82) is 0 Å². The second-order valence-electron chi connectivity index (χ2n) is 3.76. The van der Waals surface area contributed by atoms with Crippen molar-refractivity contribution >= 4 is 0 Å². The third-order valence-corrected chi connectivity index (χ3v) is 2.51. The van der Waals surface area contributed by atoms with Gasteiger partial charge in [-0.3, -0.25) is 0 Å². The van der Waals surface area contributed by atoms with Crippen molar-refractivity contribution in [3.8, 4) is 0 Å². The lowest BCUT2D eigenvalue weighted by Gasteiger charge is -2.21. The highest BCUT2D eigenvalue weighted by Crippen LogP contribution is 2.26. The molecule has 0 saturated heterocycles. The molecule has 0 amide bonds. The zero-order valence-corrected chi connectivity index (χ0v) is 8.67. The molecule has 0 atom stereocenters. The SMILES string of the molecule is COCCCN(CCCN)C1CC1. The minimum atomic E-state index is 0.813. The molecule has 1 rings (SSSR count). The van der Waals surface area contributed by atoms with Crippen LogP contribution in [0.4, 0.5) is 0 Å². The average Bonchev–Trinajstić information content (AvgIpc) is 2.94. The maximum absolute atomic E-state index is 5.50. The van der Waals surface area contributed by atoms with Crippen LogP contribution < -0.4 is 5.73 Å². The highest BCUT2D eigenvalue weighted by Gasteiger charge is 2.27. The Morgan fingerprint density at radius 3 is 2.54 bits per heavy atom. The molecule has 13 heavy (non-hydrogen) atoms. The summed E-state index contributed by atoms with van der Waals surface area (Å²) >= 11 is 0. The Labute approximate surface area is 81.2 Å². The van der Waals surface area contributed by atoms with E-state index in [4.69, 9.17) is 10.5 Å². The fraction of sp³-hybridized carbons (Fsp3) is 1.00. The van der Waals surface area contributed by atoms with E-state index in [1.807, 2.05) is 0 Å². The highest BCUT2D eigenvalue weighted by molar-refractivity contribution is 4.84. The maximum atomic E-state index is 5.50. The van der Waals surface area contributed by atoms with E-state index < -0.39 is 0 Å². The minimum absolute atomic E-state index is 0.813. The zero-order valence-electron chi connectivity index (χ0n) is 8.67. The largest absolute Gasteiger partial charge is 0.385 e. The van der Waals surface area contributed by atoms with Crippen LogP contribution in [0.1, 0.15) is 25.7 Å². The van der Waals surface area contributed by atoms with Crippen LogP contribution in [0.3, 0.4) is 0 Å². The van der Waals surface area contributed by atoms with Crippen molar-refractivity contribution in [2.45, 2.75) is 31.7 Å². The van der Waals surface area contributed by atoms with Crippen LogP contribution in [-0.4, -0.2) is 44.3 Å². The Morgan fingerprint density at radius 2 is 2.00 bits per heavy atom. The molecule has 3 nitrogen and oxygen atoms in total. The number of nitrogens with two attached hydrogens (primary N) is 1. The van der Waals surface area contributed by atoms with Gasteiger partial charge in [0.25, 0.3) is 0 Å². The molecule has 1 fully saturated rings. The number of hydrogen-bond donors (Lipinski definition) is 1. The average molecular weight is 186 g/mol. The first-order valence-corrected chi connectivity index (χ1v) is 5.31. The quantitative estimate of drug-likeness (QED) is 0.571. The van der Waals surface area contributed by atoms with Gasteiger partial charge in [-0.1, -0.05) is 0 Å². The number of hydrogen-bond acceptors (Lipinski definition) is 3. The van der Waals surface area contributed by atoms with Gasteiger partial charge in [0.2, 0.25) is 0 Å². The Bertz CT molecular complexity index is 126. The third-order valence-electron chi connectivity index (χ3n) is 2.51. The van der Waals surface area contributed by atoms with Crippen LogP contribution in [0.15, 0.2) is 0 Å². The van der Waals surface area contributed by atoms with Crippen molar-refractivity contribution in [2.24, 2.45) is 5.73 Å². The number of ether oxygens (including phenoxy) is 1. The molecule has 0 spiro atoms. The molecule has 1 aliphatic carbocycles. The second-order valence-corrected chi connectivity index (χ2v) is 3.76. The number of nitrogens with zero attached hydrogens (tertiary/aromatic N) is 1. The standard InChI is InChI=1S/C10H22N2O/c1-13-9-3-8-12(7-2-6-11)10-4-5-10/h10H,2-9,11H2,1H3. The van der Waals surface area contributed by atoms with Crippen LogP contribution in [0, 0.1) is 0 Å². The van der Waals surface area contributed by atoms with Crippen molar-refractivity contribution in [3.05, 3.63) is 0 Å². The van der Waals surface area contributed by atoms with E-state index in [1.165, 1.54) is 25.9 Å². The predicted octanol–water partition coefficient (Wildman–Crippen LogP) is 0.836. The normalized spacial score (nSPS) is 16.8. The first-order valence-electron chi connectivity index (χ1n) is 5.31. The lowest BCUT2D eigenvalue weighted by molar-refractivity contribution is 0.168. The summed E-state index contributed by atoms with van der Waals surface area (Å²) in [5.41, 5.74) is 5.50. The van der Waals surface area contributed by atoms with E-state index >= 15 is 0 Å². The molecule has 0 aliphatic heterocycles. The van der Waals surface area contributed by atoms with Crippen LogP contribution >= 0.6 is 0 Å². The molecule has 0 aromatic rings. The lowest BCUT2D eigenvalue weighted by Crippen LogP contribution is -2.30. The van der Waals surface area contributed by atoms with Gasteiger partial charge in [0.05, 0.1) is 0 Å². The number of methoxy groups -OCH3 is 1.